The van der Waals surface area contributed by atoms with Crippen LogP contribution in [0.5, 0.6) is 0 Å². The second kappa shape index (κ2) is 6.48. The van der Waals surface area contributed by atoms with Gasteiger partial charge in [-0.25, -0.2) is 0 Å². The number of benzene rings is 1. The predicted molar refractivity (Wildman–Crippen MR) is 83.1 cm³/mol. The summed E-state index contributed by atoms with van der Waals surface area (Å²) in [5.41, 5.74) is 3.67. The number of hydrogen-bond donors (Lipinski definition) is 1. The maximum absolute atomic E-state index is 4.35. The molecule has 0 saturated carbocycles. The van der Waals surface area contributed by atoms with Crippen molar-refractivity contribution in [2.45, 2.75) is 33.2 Å². The lowest BCUT2D eigenvalue weighted by molar-refractivity contribution is 0.595. The normalized spacial score (nSPS) is 12.3. The molecule has 0 spiro atoms. The third-order valence-corrected chi connectivity index (χ3v) is 3.21. The van der Waals surface area contributed by atoms with Crippen molar-refractivity contribution in [1.29, 1.82) is 0 Å². The highest BCUT2D eigenvalue weighted by molar-refractivity contribution is 5.82. The van der Waals surface area contributed by atoms with Crippen molar-refractivity contribution in [3.63, 3.8) is 0 Å². The molecule has 2 nitrogen and oxygen atoms in total. The molecule has 1 N–H and O–H groups in total. The van der Waals surface area contributed by atoms with Crippen molar-refractivity contribution in [1.82, 2.24) is 10.3 Å². The summed E-state index contributed by atoms with van der Waals surface area (Å²) in [6.45, 7) is 7.55. The Morgan fingerprint density at radius 1 is 1.32 bits per heavy atom. The van der Waals surface area contributed by atoms with E-state index in [2.05, 4.69) is 61.4 Å². The van der Waals surface area contributed by atoms with Crippen LogP contribution in [0.4, 0.5) is 0 Å². The van der Waals surface area contributed by atoms with Gasteiger partial charge in [-0.15, -0.1) is 0 Å². The number of nitrogens with one attached hydrogen (secondary N) is 1. The fourth-order valence-electron chi connectivity index (χ4n) is 2.10. The molecule has 100 valence electrons. The molecule has 2 heteroatoms. The van der Waals surface area contributed by atoms with E-state index in [4.69, 9.17) is 0 Å². The van der Waals surface area contributed by atoms with Gasteiger partial charge in [0.15, 0.2) is 0 Å². The molecule has 0 bridgehead atoms. The van der Waals surface area contributed by atoms with Crippen LogP contribution in [-0.2, 0) is 0 Å². The molecule has 1 aromatic carbocycles. The number of rotatable bonds is 5. The first-order chi connectivity index (χ1) is 9.16. The van der Waals surface area contributed by atoms with Gasteiger partial charge in [0.25, 0.3) is 0 Å². The first-order valence-electron chi connectivity index (χ1n) is 6.92. The predicted octanol–water partition coefficient (Wildman–Crippen LogP) is 4.03. The van der Waals surface area contributed by atoms with E-state index in [0.717, 1.165) is 18.5 Å². The molecule has 0 aliphatic rings. The Balaban J connectivity index is 2.08. The van der Waals surface area contributed by atoms with Crippen molar-refractivity contribution in [2.75, 3.05) is 6.54 Å². The molecule has 0 amide bonds. The summed E-state index contributed by atoms with van der Waals surface area (Å²) in [6.07, 6.45) is 5.20. The first-order valence-corrected chi connectivity index (χ1v) is 6.92. The van der Waals surface area contributed by atoms with E-state index in [1.165, 1.54) is 16.5 Å². The van der Waals surface area contributed by atoms with Gasteiger partial charge in [0.1, 0.15) is 0 Å². The molecule has 19 heavy (non-hydrogen) atoms. The van der Waals surface area contributed by atoms with Gasteiger partial charge >= 0.3 is 0 Å². The molecule has 0 aliphatic carbocycles. The van der Waals surface area contributed by atoms with Gasteiger partial charge < -0.3 is 5.32 Å². The SMILES string of the molecule is C/C(=C/CCNC(C)C)c1ccc2ncccc2c1. The van der Waals surface area contributed by atoms with Crippen molar-refractivity contribution >= 4 is 16.5 Å². The molecule has 1 aromatic heterocycles. The molecular formula is C17H22N2. The number of aromatic nitrogens is 1. The zero-order chi connectivity index (χ0) is 13.7. The van der Waals surface area contributed by atoms with Gasteiger partial charge in [0.2, 0.25) is 0 Å². The van der Waals surface area contributed by atoms with E-state index in [0.29, 0.717) is 6.04 Å². The van der Waals surface area contributed by atoms with Crippen molar-refractivity contribution < 1.29 is 0 Å². The lowest BCUT2D eigenvalue weighted by Gasteiger charge is -2.07. The Morgan fingerprint density at radius 2 is 2.16 bits per heavy atom. The number of fused-ring (bicyclic) bond motifs is 1. The Bertz CT molecular complexity index is 570. The topological polar surface area (TPSA) is 24.9 Å². The molecule has 0 aliphatic heterocycles. The fourth-order valence-corrected chi connectivity index (χ4v) is 2.10. The van der Waals surface area contributed by atoms with E-state index >= 15 is 0 Å². The van der Waals surface area contributed by atoms with Crippen LogP contribution in [0.1, 0.15) is 32.8 Å². The van der Waals surface area contributed by atoms with Crippen LogP contribution in [0.3, 0.4) is 0 Å². The van der Waals surface area contributed by atoms with Crippen molar-refractivity contribution in [3.05, 3.63) is 48.2 Å². The van der Waals surface area contributed by atoms with E-state index in [1.807, 2.05) is 12.3 Å². The minimum atomic E-state index is 0.556. The summed E-state index contributed by atoms with van der Waals surface area (Å²) < 4.78 is 0. The maximum Gasteiger partial charge on any atom is 0.0702 e. The Hall–Kier alpha value is -1.67. The summed E-state index contributed by atoms with van der Waals surface area (Å²) in [5, 5.41) is 4.63. The smallest absolute Gasteiger partial charge is 0.0702 e. The molecule has 1 heterocycles. The monoisotopic (exact) mass is 254 g/mol. The number of nitrogens with zero attached hydrogens (tertiary/aromatic N) is 1. The van der Waals surface area contributed by atoms with E-state index in [9.17, 15) is 0 Å². The summed E-state index contributed by atoms with van der Waals surface area (Å²) >= 11 is 0. The number of pyridine rings is 1. The highest BCUT2D eigenvalue weighted by Gasteiger charge is 1.99. The number of hydrogen-bond acceptors (Lipinski definition) is 2. The molecule has 0 unspecified atom stereocenters. The standard InChI is InChI=1S/C17H22N2/c1-13(2)18-10-4-6-14(3)15-8-9-17-16(12-15)7-5-11-19-17/h5-9,11-13,18H,4,10H2,1-3H3/b14-6-. The van der Waals surface area contributed by atoms with Gasteiger partial charge in [-0.05, 0) is 49.2 Å². The fraction of sp³-hybridized carbons (Fsp3) is 0.353. The quantitative estimate of drug-likeness (QED) is 0.815. The molecule has 2 rings (SSSR count). The van der Waals surface area contributed by atoms with E-state index in [-0.39, 0.29) is 0 Å². The maximum atomic E-state index is 4.35. The lowest BCUT2D eigenvalue weighted by atomic mass is 10.0. The summed E-state index contributed by atoms with van der Waals surface area (Å²) in [7, 11) is 0. The van der Waals surface area contributed by atoms with Gasteiger partial charge in [0, 0.05) is 17.6 Å². The zero-order valence-electron chi connectivity index (χ0n) is 12.0. The molecule has 0 atom stereocenters. The molecule has 0 radical (unpaired) electrons. The Morgan fingerprint density at radius 3 is 2.95 bits per heavy atom. The van der Waals surface area contributed by atoms with Gasteiger partial charge in [-0.1, -0.05) is 32.1 Å². The number of allylic oxidation sites excluding steroid dienone is 1. The molecule has 0 saturated heterocycles. The summed E-state index contributed by atoms with van der Waals surface area (Å²) in [4.78, 5) is 4.35. The van der Waals surface area contributed by atoms with Gasteiger partial charge in [-0.3, -0.25) is 4.98 Å². The van der Waals surface area contributed by atoms with Gasteiger partial charge in [0.05, 0.1) is 5.52 Å². The lowest BCUT2D eigenvalue weighted by Crippen LogP contribution is -2.23. The average molecular weight is 254 g/mol. The third kappa shape index (κ3) is 3.90. The molecular weight excluding hydrogens is 232 g/mol. The van der Waals surface area contributed by atoms with Crippen LogP contribution in [0.25, 0.3) is 16.5 Å². The Labute approximate surface area is 115 Å². The summed E-state index contributed by atoms with van der Waals surface area (Å²) in [6, 6.07) is 11.1. The van der Waals surface area contributed by atoms with Crippen molar-refractivity contribution in [2.24, 2.45) is 0 Å². The van der Waals surface area contributed by atoms with Crippen LogP contribution in [-0.4, -0.2) is 17.6 Å². The van der Waals surface area contributed by atoms with Crippen LogP contribution in [0.2, 0.25) is 0 Å². The highest BCUT2D eigenvalue weighted by Crippen LogP contribution is 2.19. The summed E-state index contributed by atoms with van der Waals surface area (Å²) in [5.74, 6) is 0. The second-order valence-corrected chi connectivity index (χ2v) is 5.20. The highest BCUT2D eigenvalue weighted by atomic mass is 14.9. The molecule has 0 fully saturated rings. The average Bonchev–Trinajstić information content (AvgIpc) is 2.42. The van der Waals surface area contributed by atoms with Crippen LogP contribution in [0.15, 0.2) is 42.6 Å². The van der Waals surface area contributed by atoms with Crippen LogP contribution in [0, 0.1) is 0 Å². The zero-order valence-corrected chi connectivity index (χ0v) is 12.0. The third-order valence-electron chi connectivity index (χ3n) is 3.21. The minimum Gasteiger partial charge on any atom is -0.314 e. The van der Waals surface area contributed by atoms with E-state index < -0.39 is 0 Å². The van der Waals surface area contributed by atoms with E-state index in [1.54, 1.807) is 0 Å². The largest absolute Gasteiger partial charge is 0.314 e. The molecule has 2 aromatic rings. The Kier molecular flexibility index (Phi) is 4.69. The van der Waals surface area contributed by atoms with Gasteiger partial charge in [-0.2, -0.15) is 0 Å². The first kappa shape index (κ1) is 13.8. The van der Waals surface area contributed by atoms with Crippen LogP contribution >= 0.6 is 0 Å². The van der Waals surface area contributed by atoms with Crippen LogP contribution < -0.4 is 5.32 Å². The van der Waals surface area contributed by atoms with Crippen molar-refractivity contribution in [3.8, 4) is 0 Å². The minimum absolute atomic E-state index is 0.556. The second-order valence-electron chi connectivity index (χ2n) is 5.20.